The molecule has 0 saturated carbocycles. The maximum absolute atomic E-state index is 5.23. The number of hydrogen-bond donors (Lipinski definition) is 1. The summed E-state index contributed by atoms with van der Waals surface area (Å²) in [4.78, 5) is 1.02. The number of thiophene rings is 1. The van der Waals surface area contributed by atoms with Crippen LogP contribution in [0.3, 0.4) is 0 Å². The molecule has 0 saturated heterocycles. The molecule has 0 bridgehead atoms. The Balaban J connectivity index is 2.03. The summed E-state index contributed by atoms with van der Waals surface area (Å²) in [6.07, 6.45) is 1.75. The Kier molecular flexibility index (Phi) is 3.87. The molecule has 0 aromatic carbocycles. The molecule has 3 heterocycles. The van der Waals surface area contributed by atoms with Gasteiger partial charge in [-0.05, 0) is 60.2 Å². The van der Waals surface area contributed by atoms with Crippen molar-refractivity contribution in [2.45, 2.75) is 13.8 Å². The summed E-state index contributed by atoms with van der Waals surface area (Å²) < 4.78 is 4.74. The van der Waals surface area contributed by atoms with Gasteiger partial charge in [0.25, 0.3) is 5.95 Å². The minimum Gasteiger partial charge on any atom is -0.248 e. The highest BCUT2D eigenvalue weighted by molar-refractivity contribution is 9.11. The molecular weight excluding hydrogens is 372 g/mol. The fraction of sp³-hybridized carbons (Fsp3) is 0.167. The molecule has 0 atom stereocenters. The van der Waals surface area contributed by atoms with Crippen molar-refractivity contribution in [1.29, 1.82) is 0 Å². The second-order valence-electron chi connectivity index (χ2n) is 4.37. The number of aromatic amines is 1. The number of H-pyrrole nitrogens is 1. The molecule has 3 aromatic heterocycles. The summed E-state index contributed by atoms with van der Waals surface area (Å²) in [5, 5.41) is 15.8. The standard InChI is InChI=1S/C12H11BrN6S2/c1-7-5-8(2)18(17-7)11-15-16-12(20)19(11)14-6-9-3-4-10(13)21-9/h3-6H,1-2H3,(H,16,20)/b14-6-. The lowest BCUT2D eigenvalue weighted by Crippen LogP contribution is -2.07. The van der Waals surface area contributed by atoms with Gasteiger partial charge in [-0.2, -0.15) is 14.9 Å². The molecule has 108 valence electrons. The van der Waals surface area contributed by atoms with Crippen LogP contribution in [-0.2, 0) is 0 Å². The zero-order chi connectivity index (χ0) is 15.0. The van der Waals surface area contributed by atoms with E-state index >= 15 is 0 Å². The van der Waals surface area contributed by atoms with Gasteiger partial charge in [-0.15, -0.1) is 16.4 Å². The molecule has 6 nitrogen and oxygen atoms in total. The first kappa shape index (κ1) is 14.4. The largest absolute Gasteiger partial charge is 0.271 e. The van der Waals surface area contributed by atoms with Crippen molar-refractivity contribution in [1.82, 2.24) is 24.7 Å². The second kappa shape index (κ2) is 5.66. The van der Waals surface area contributed by atoms with E-state index in [9.17, 15) is 0 Å². The van der Waals surface area contributed by atoms with Gasteiger partial charge in [-0.25, -0.2) is 9.78 Å². The van der Waals surface area contributed by atoms with E-state index in [4.69, 9.17) is 12.2 Å². The van der Waals surface area contributed by atoms with Gasteiger partial charge in [-0.3, -0.25) is 0 Å². The van der Waals surface area contributed by atoms with Crippen molar-refractivity contribution in [2.75, 3.05) is 0 Å². The van der Waals surface area contributed by atoms with Gasteiger partial charge in [0.2, 0.25) is 4.77 Å². The van der Waals surface area contributed by atoms with Crippen LogP contribution in [0.25, 0.3) is 5.95 Å². The van der Waals surface area contributed by atoms with E-state index in [0.717, 1.165) is 20.1 Å². The molecule has 0 spiro atoms. The molecular formula is C12H11BrN6S2. The summed E-state index contributed by atoms with van der Waals surface area (Å²) in [7, 11) is 0. The highest BCUT2D eigenvalue weighted by atomic mass is 79.9. The number of rotatable bonds is 3. The van der Waals surface area contributed by atoms with Crippen LogP contribution in [0.1, 0.15) is 16.3 Å². The molecule has 21 heavy (non-hydrogen) atoms. The highest BCUT2D eigenvalue weighted by Crippen LogP contribution is 2.20. The molecule has 0 amide bonds. The Bertz CT molecular complexity index is 869. The van der Waals surface area contributed by atoms with Crippen molar-refractivity contribution in [3.8, 4) is 5.95 Å². The molecule has 0 radical (unpaired) electrons. The van der Waals surface area contributed by atoms with E-state index in [1.54, 1.807) is 26.9 Å². The van der Waals surface area contributed by atoms with E-state index in [1.807, 2.05) is 32.0 Å². The summed E-state index contributed by atoms with van der Waals surface area (Å²) in [5.41, 5.74) is 1.89. The number of hydrogen-bond acceptors (Lipinski definition) is 5. The Labute approximate surface area is 138 Å². The maximum atomic E-state index is 5.23. The SMILES string of the molecule is Cc1cc(C)n(-c2n[nH]c(=S)n2/N=C\c2ccc(Br)s2)n1. The first-order chi connectivity index (χ1) is 10.0. The fourth-order valence-corrected chi connectivity index (χ4v) is 3.33. The van der Waals surface area contributed by atoms with Gasteiger partial charge in [0.15, 0.2) is 0 Å². The van der Waals surface area contributed by atoms with Crippen molar-refractivity contribution in [2.24, 2.45) is 5.10 Å². The van der Waals surface area contributed by atoms with E-state index in [-0.39, 0.29) is 0 Å². The highest BCUT2D eigenvalue weighted by Gasteiger charge is 2.11. The van der Waals surface area contributed by atoms with Crippen molar-refractivity contribution in [3.63, 3.8) is 0 Å². The lowest BCUT2D eigenvalue weighted by molar-refractivity contribution is 0.714. The molecule has 0 aliphatic rings. The molecule has 9 heteroatoms. The van der Waals surface area contributed by atoms with Gasteiger partial charge < -0.3 is 0 Å². The molecule has 0 fully saturated rings. The Morgan fingerprint density at radius 3 is 2.86 bits per heavy atom. The predicted molar refractivity (Wildman–Crippen MR) is 89.0 cm³/mol. The Morgan fingerprint density at radius 1 is 1.43 bits per heavy atom. The normalized spacial score (nSPS) is 11.6. The molecule has 3 rings (SSSR count). The van der Waals surface area contributed by atoms with Crippen LogP contribution in [0.5, 0.6) is 0 Å². The van der Waals surface area contributed by atoms with E-state index < -0.39 is 0 Å². The summed E-state index contributed by atoms with van der Waals surface area (Å²) in [6.45, 7) is 3.89. The fourth-order valence-electron chi connectivity index (χ4n) is 1.87. The Hall–Kier alpha value is -1.58. The van der Waals surface area contributed by atoms with Crippen LogP contribution in [0, 0.1) is 18.6 Å². The smallest absolute Gasteiger partial charge is 0.248 e. The van der Waals surface area contributed by atoms with Gasteiger partial charge in [0.05, 0.1) is 15.7 Å². The third-order valence-electron chi connectivity index (χ3n) is 2.73. The van der Waals surface area contributed by atoms with Crippen molar-refractivity contribution < 1.29 is 0 Å². The average Bonchev–Trinajstić information content (AvgIpc) is 3.08. The predicted octanol–water partition coefficient (Wildman–Crippen LogP) is 3.45. The maximum Gasteiger partial charge on any atom is 0.271 e. The Morgan fingerprint density at radius 2 is 2.24 bits per heavy atom. The van der Waals surface area contributed by atoms with Crippen LogP contribution in [0.15, 0.2) is 27.1 Å². The van der Waals surface area contributed by atoms with E-state index in [0.29, 0.717) is 10.7 Å². The molecule has 0 aliphatic carbocycles. The number of halogens is 1. The number of aryl methyl sites for hydroxylation is 2. The van der Waals surface area contributed by atoms with Crippen LogP contribution in [-0.4, -0.2) is 30.9 Å². The minimum absolute atomic E-state index is 0.421. The van der Waals surface area contributed by atoms with Crippen LogP contribution in [0.2, 0.25) is 0 Å². The minimum atomic E-state index is 0.421. The van der Waals surface area contributed by atoms with Gasteiger partial charge in [0.1, 0.15) is 0 Å². The number of nitrogens with one attached hydrogen (secondary N) is 1. The van der Waals surface area contributed by atoms with Crippen LogP contribution < -0.4 is 0 Å². The first-order valence-electron chi connectivity index (χ1n) is 6.05. The van der Waals surface area contributed by atoms with Crippen LogP contribution in [0.4, 0.5) is 0 Å². The van der Waals surface area contributed by atoms with Crippen molar-refractivity contribution >= 4 is 45.7 Å². The zero-order valence-corrected chi connectivity index (χ0v) is 14.5. The monoisotopic (exact) mass is 382 g/mol. The zero-order valence-electron chi connectivity index (χ0n) is 11.2. The van der Waals surface area contributed by atoms with Gasteiger partial charge in [0, 0.05) is 10.6 Å². The van der Waals surface area contributed by atoms with Crippen LogP contribution >= 0.6 is 39.5 Å². The average molecular weight is 383 g/mol. The lowest BCUT2D eigenvalue weighted by Gasteiger charge is -2.02. The number of nitrogens with zero attached hydrogens (tertiary/aromatic N) is 5. The van der Waals surface area contributed by atoms with E-state index in [2.05, 4.69) is 36.3 Å². The molecule has 1 N–H and O–H groups in total. The topological polar surface area (TPSA) is 63.8 Å². The van der Waals surface area contributed by atoms with Gasteiger partial charge >= 0.3 is 0 Å². The van der Waals surface area contributed by atoms with Crippen molar-refractivity contribution in [3.05, 3.63) is 43.0 Å². The quantitative estimate of drug-likeness (QED) is 0.557. The molecule has 0 aliphatic heterocycles. The molecule has 0 unspecified atom stereocenters. The number of aromatic nitrogens is 5. The molecule has 3 aromatic rings. The van der Waals surface area contributed by atoms with Gasteiger partial charge in [-0.1, -0.05) is 0 Å². The van der Waals surface area contributed by atoms with E-state index in [1.165, 1.54) is 0 Å². The third-order valence-corrected chi connectivity index (χ3v) is 4.55. The first-order valence-corrected chi connectivity index (χ1v) is 8.07. The summed E-state index contributed by atoms with van der Waals surface area (Å²) in [6, 6.07) is 5.93. The lowest BCUT2D eigenvalue weighted by atomic mass is 10.4. The second-order valence-corrected chi connectivity index (χ2v) is 7.25. The summed E-state index contributed by atoms with van der Waals surface area (Å²) >= 11 is 10.2. The third kappa shape index (κ3) is 2.89. The summed E-state index contributed by atoms with van der Waals surface area (Å²) in [5.74, 6) is 0.539.